The third kappa shape index (κ3) is 5.12. The van der Waals surface area contributed by atoms with E-state index in [9.17, 15) is 22.8 Å². The first-order chi connectivity index (χ1) is 16.9. The van der Waals surface area contributed by atoms with Crippen molar-refractivity contribution >= 4 is 17.4 Å². The number of benzene rings is 1. The number of primary amides is 1. The highest BCUT2D eigenvalue weighted by Crippen LogP contribution is 2.42. The summed E-state index contributed by atoms with van der Waals surface area (Å²) in [6.45, 7) is 4.08. The number of carbonyl (C=O) groups is 2. The topological polar surface area (TPSA) is 102 Å². The number of nitrogens with zero attached hydrogens (tertiary/aromatic N) is 2. The molecular weight excluding hydrogens is 471 g/mol. The third-order valence-corrected chi connectivity index (χ3v) is 6.90. The smallest absolute Gasteiger partial charge is 0.380 e. The van der Waals surface area contributed by atoms with Crippen molar-refractivity contribution in [1.82, 2.24) is 15.1 Å². The highest BCUT2D eigenvalue weighted by atomic mass is 19.4. The van der Waals surface area contributed by atoms with Crippen LogP contribution in [0.4, 0.5) is 18.9 Å². The van der Waals surface area contributed by atoms with Gasteiger partial charge in [0, 0.05) is 24.2 Å². The highest BCUT2D eigenvalue weighted by molar-refractivity contribution is 6.00. The van der Waals surface area contributed by atoms with E-state index in [0.717, 1.165) is 25.7 Å². The van der Waals surface area contributed by atoms with Crippen LogP contribution < -0.4 is 16.4 Å². The average Bonchev–Trinajstić information content (AvgIpc) is 3.17. The first-order valence-electron chi connectivity index (χ1n) is 12.0. The number of nitrogens with two attached hydrogens (primary N) is 1. The Morgan fingerprint density at radius 1 is 1.25 bits per heavy atom. The summed E-state index contributed by atoms with van der Waals surface area (Å²) in [5.41, 5.74) is 4.68. The van der Waals surface area contributed by atoms with Gasteiger partial charge in [-0.1, -0.05) is 32.6 Å². The van der Waals surface area contributed by atoms with Crippen LogP contribution in [0.5, 0.6) is 0 Å². The lowest BCUT2D eigenvalue weighted by molar-refractivity contribution is -0.141. The van der Waals surface area contributed by atoms with E-state index in [1.165, 1.54) is 16.8 Å². The molecule has 1 fully saturated rings. The summed E-state index contributed by atoms with van der Waals surface area (Å²) >= 11 is 0. The summed E-state index contributed by atoms with van der Waals surface area (Å²) in [5.74, 6) is 1.33. The summed E-state index contributed by atoms with van der Waals surface area (Å²) < 4.78 is 42.7. The molecule has 7 nitrogen and oxygen atoms in total. The molecule has 1 aromatic heterocycles. The lowest BCUT2D eigenvalue weighted by Crippen LogP contribution is -2.46. The zero-order chi connectivity index (χ0) is 26.3. The molecule has 1 heterocycles. The number of nitrogens with one attached hydrogen (secondary N) is 2. The van der Waals surface area contributed by atoms with Gasteiger partial charge in [0.2, 0.25) is 0 Å². The van der Waals surface area contributed by atoms with Gasteiger partial charge in [0.1, 0.15) is 0 Å². The number of hydrogen-bond donors (Lipinski definition) is 3. The van der Waals surface area contributed by atoms with E-state index in [1.807, 2.05) is 13.8 Å². The van der Waals surface area contributed by atoms with Gasteiger partial charge >= 0.3 is 6.18 Å². The van der Waals surface area contributed by atoms with Crippen molar-refractivity contribution < 1.29 is 22.8 Å². The van der Waals surface area contributed by atoms with Gasteiger partial charge in [0.15, 0.2) is 11.5 Å². The van der Waals surface area contributed by atoms with E-state index >= 15 is 0 Å². The fourth-order valence-corrected chi connectivity index (χ4v) is 5.30. The first-order valence-corrected chi connectivity index (χ1v) is 12.0. The summed E-state index contributed by atoms with van der Waals surface area (Å²) in [6.07, 6.45) is 4.61. The van der Waals surface area contributed by atoms with Gasteiger partial charge in [-0.15, -0.1) is 6.42 Å². The van der Waals surface area contributed by atoms with Crippen molar-refractivity contribution in [1.29, 1.82) is 0 Å². The van der Waals surface area contributed by atoms with Crippen LogP contribution in [-0.2, 0) is 12.6 Å². The molecule has 1 saturated carbocycles. The maximum Gasteiger partial charge on any atom is 0.435 e. The summed E-state index contributed by atoms with van der Waals surface area (Å²) in [7, 11) is 0. The number of fused-ring (bicyclic) bond motifs is 1. The monoisotopic (exact) mass is 501 g/mol. The number of Topliss-reactive ketones (excluding diaryl/α,β-unsaturated/α-hetero) is 1. The van der Waals surface area contributed by atoms with Crippen molar-refractivity contribution in [3.8, 4) is 18.0 Å². The van der Waals surface area contributed by atoms with Crippen molar-refractivity contribution in [2.45, 2.75) is 70.6 Å². The second kappa shape index (κ2) is 9.62. The Kier molecular flexibility index (Phi) is 6.88. The highest BCUT2D eigenvalue weighted by Gasteiger charge is 2.45. The number of alkyl halides is 3. The molecule has 0 aliphatic heterocycles. The van der Waals surface area contributed by atoms with E-state index < -0.39 is 29.0 Å². The van der Waals surface area contributed by atoms with Crippen molar-refractivity contribution in [2.24, 2.45) is 11.1 Å². The molecule has 1 amide bonds. The van der Waals surface area contributed by atoms with E-state index in [0.29, 0.717) is 17.9 Å². The predicted molar refractivity (Wildman–Crippen MR) is 130 cm³/mol. The fourth-order valence-electron chi connectivity index (χ4n) is 5.30. The summed E-state index contributed by atoms with van der Waals surface area (Å²) in [4.78, 5) is 24.9. The van der Waals surface area contributed by atoms with Gasteiger partial charge in [-0.25, -0.2) is 4.68 Å². The molecule has 0 bridgehead atoms. The van der Waals surface area contributed by atoms with Crippen LogP contribution in [0.25, 0.3) is 5.69 Å². The minimum Gasteiger partial charge on any atom is -0.380 e. The van der Waals surface area contributed by atoms with Gasteiger partial charge in [0.05, 0.1) is 29.1 Å². The van der Waals surface area contributed by atoms with Gasteiger partial charge in [-0.2, -0.15) is 18.3 Å². The van der Waals surface area contributed by atoms with Gasteiger partial charge < -0.3 is 16.4 Å². The van der Waals surface area contributed by atoms with E-state index in [4.69, 9.17) is 12.2 Å². The molecule has 2 aliphatic carbocycles. The maximum atomic E-state index is 13.9. The lowest BCUT2D eigenvalue weighted by Gasteiger charge is -2.34. The van der Waals surface area contributed by atoms with Crippen molar-refractivity contribution in [3.05, 3.63) is 40.7 Å². The average molecular weight is 502 g/mol. The van der Waals surface area contributed by atoms with Crippen LogP contribution in [0.2, 0.25) is 0 Å². The number of hydrogen-bond acceptors (Lipinski definition) is 5. The number of carbonyl (C=O) groups excluding carboxylic acids is 2. The van der Waals surface area contributed by atoms with Crippen LogP contribution in [0, 0.1) is 17.8 Å². The normalized spacial score (nSPS) is 21.5. The van der Waals surface area contributed by atoms with Crippen LogP contribution in [-0.4, -0.2) is 40.1 Å². The first kappa shape index (κ1) is 25.8. The fraction of sp³-hybridized carbons (Fsp3) is 0.500. The Labute approximate surface area is 208 Å². The van der Waals surface area contributed by atoms with Gasteiger partial charge in [-0.3, -0.25) is 9.59 Å². The van der Waals surface area contributed by atoms with Crippen LogP contribution in [0.15, 0.2) is 18.2 Å². The number of ketones is 1. The molecular formula is C26H30F3N5O2. The van der Waals surface area contributed by atoms with Crippen LogP contribution in [0.1, 0.15) is 78.1 Å². The zero-order valence-electron chi connectivity index (χ0n) is 20.3. The van der Waals surface area contributed by atoms with Gasteiger partial charge in [-0.05, 0) is 42.9 Å². The van der Waals surface area contributed by atoms with Crippen LogP contribution in [0.3, 0.4) is 0 Å². The molecule has 0 spiro atoms. The Bertz CT molecular complexity index is 1230. The molecule has 1 aromatic carbocycles. The molecule has 4 rings (SSSR count). The quantitative estimate of drug-likeness (QED) is 0.518. The third-order valence-electron chi connectivity index (χ3n) is 6.90. The largest absolute Gasteiger partial charge is 0.435 e. The second-order valence-corrected chi connectivity index (χ2v) is 10.3. The molecule has 10 heteroatoms. The molecule has 2 aliphatic rings. The molecule has 0 saturated heterocycles. The Morgan fingerprint density at radius 3 is 2.58 bits per heavy atom. The SMILES string of the molecule is C#CCN[C@H]1CCCC[C@@H]1Nc1cc(-n2nc(C(F)(F)F)c3c2CC(C)(C)CC3=O)ccc1C(N)=O. The Morgan fingerprint density at radius 2 is 1.94 bits per heavy atom. The number of anilines is 1. The molecule has 2 aromatic rings. The molecule has 192 valence electrons. The number of halogens is 3. The summed E-state index contributed by atoms with van der Waals surface area (Å²) in [5, 5.41) is 10.6. The van der Waals surface area contributed by atoms with Crippen LogP contribution >= 0.6 is 0 Å². The molecule has 2 atom stereocenters. The number of aromatic nitrogens is 2. The number of rotatable bonds is 6. The predicted octanol–water partition coefficient (Wildman–Crippen LogP) is 4.09. The Balaban J connectivity index is 1.79. The molecule has 4 N–H and O–H groups in total. The number of amides is 1. The van der Waals surface area contributed by atoms with E-state index in [1.54, 1.807) is 6.07 Å². The molecule has 0 radical (unpaired) electrons. The van der Waals surface area contributed by atoms with E-state index in [2.05, 4.69) is 21.7 Å². The lowest BCUT2D eigenvalue weighted by atomic mass is 9.75. The van der Waals surface area contributed by atoms with E-state index in [-0.39, 0.29) is 41.7 Å². The minimum atomic E-state index is -4.78. The molecule has 0 unspecified atom stereocenters. The number of terminal acetylenes is 1. The molecule has 36 heavy (non-hydrogen) atoms. The standard InChI is InChI=1S/C26H30F3N5O2/c1-4-11-31-17-7-5-6-8-18(17)32-19-12-15(9-10-16(19)24(30)36)34-20-13-25(2,3)14-21(35)22(20)23(33-34)26(27,28)29/h1,9-10,12,17-18,31-32H,5-8,11,13-14H2,2-3H3,(H2,30,36)/t17-,18-/m0/s1. The minimum absolute atomic E-state index is 0.00984. The maximum absolute atomic E-state index is 13.9. The Hall–Kier alpha value is -3.32. The van der Waals surface area contributed by atoms with Crippen molar-refractivity contribution in [2.75, 3.05) is 11.9 Å². The zero-order valence-corrected chi connectivity index (χ0v) is 20.3. The second-order valence-electron chi connectivity index (χ2n) is 10.3. The summed E-state index contributed by atoms with van der Waals surface area (Å²) in [6, 6.07) is 4.56. The van der Waals surface area contributed by atoms with Crippen molar-refractivity contribution in [3.63, 3.8) is 0 Å². The van der Waals surface area contributed by atoms with Gasteiger partial charge in [0.25, 0.3) is 5.91 Å².